The number of amides is 1. The van der Waals surface area contributed by atoms with E-state index in [0.29, 0.717) is 25.9 Å². The Morgan fingerprint density at radius 2 is 0.810 bits per heavy atom. The Balaban J connectivity index is 3.40. The molecule has 1 amide bonds. The van der Waals surface area contributed by atoms with Crippen molar-refractivity contribution in [2.24, 2.45) is 0 Å². The summed E-state index contributed by atoms with van der Waals surface area (Å²) in [6, 6.07) is -0.544. The number of hydrogen-bond acceptors (Lipinski definition) is 5. The quantitative estimate of drug-likeness (QED) is 0.0323. The van der Waals surface area contributed by atoms with Gasteiger partial charge in [0, 0.05) is 12.8 Å². The lowest BCUT2D eigenvalue weighted by atomic mass is 10.0. The summed E-state index contributed by atoms with van der Waals surface area (Å²) >= 11 is 0. The molecule has 0 aromatic rings. The maximum absolute atomic E-state index is 12.4. The lowest BCUT2D eigenvalue weighted by Gasteiger charge is -2.22. The molecule has 344 valence electrons. The Kier molecular flexibility index (Phi) is 47.1. The van der Waals surface area contributed by atoms with E-state index in [0.717, 1.165) is 44.9 Å². The van der Waals surface area contributed by atoms with Crippen LogP contribution in [0.15, 0.2) is 12.2 Å². The van der Waals surface area contributed by atoms with Crippen molar-refractivity contribution in [3.8, 4) is 0 Å². The normalized spacial score (nSPS) is 12.7. The Bertz CT molecular complexity index is 863. The molecule has 2 atom stereocenters. The average molecular weight is 820 g/mol. The summed E-state index contributed by atoms with van der Waals surface area (Å²) in [7, 11) is 0. The zero-order valence-electron chi connectivity index (χ0n) is 39.0. The van der Waals surface area contributed by atoms with Crippen LogP contribution >= 0.6 is 0 Å². The van der Waals surface area contributed by atoms with Crippen molar-refractivity contribution >= 4 is 11.9 Å². The predicted octanol–water partition coefficient (Wildman–Crippen LogP) is 15.3. The van der Waals surface area contributed by atoms with Crippen LogP contribution in [0.3, 0.4) is 0 Å². The molecule has 3 N–H and O–H groups in total. The van der Waals surface area contributed by atoms with Crippen LogP contribution in [0.4, 0.5) is 0 Å². The number of hydrogen-bond donors (Lipinski definition) is 3. The Hall–Kier alpha value is -1.40. The van der Waals surface area contributed by atoms with E-state index in [2.05, 4.69) is 31.3 Å². The van der Waals surface area contributed by atoms with E-state index >= 15 is 0 Å². The lowest BCUT2D eigenvalue weighted by molar-refractivity contribution is -0.143. The molecule has 58 heavy (non-hydrogen) atoms. The predicted molar refractivity (Wildman–Crippen MR) is 250 cm³/mol. The second-order valence-corrected chi connectivity index (χ2v) is 17.9. The third kappa shape index (κ3) is 44.2. The maximum atomic E-state index is 12.4. The SMILES string of the molecule is CCCCCCCC/C=C\CCCCCCCC(=O)OCCCCCCCCCCCCCCCCCCC(=O)NC(CO)C(O)CCCCCCCCCCCC. The third-order valence-corrected chi connectivity index (χ3v) is 12.1. The molecule has 0 spiro atoms. The highest BCUT2D eigenvalue weighted by molar-refractivity contribution is 5.76. The zero-order chi connectivity index (χ0) is 42.3. The Morgan fingerprint density at radius 1 is 0.466 bits per heavy atom. The van der Waals surface area contributed by atoms with E-state index in [-0.39, 0.29) is 18.5 Å². The van der Waals surface area contributed by atoms with Gasteiger partial charge in [-0.3, -0.25) is 9.59 Å². The summed E-state index contributed by atoms with van der Waals surface area (Å²) in [4.78, 5) is 24.4. The number of nitrogens with one attached hydrogen (secondary N) is 1. The van der Waals surface area contributed by atoms with Gasteiger partial charge in [0.25, 0.3) is 0 Å². The zero-order valence-corrected chi connectivity index (χ0v) is 39.0. The van der Waals surface area contributed by atoms with Crippen LogP contribution in [0.1, 0.15) is 284 Å². The molecule has 2 unspecified atom stereocenters. The Labute approximate surface area is 361 Å². The van der Waals surface area contributed by atoms with Gasteiger partial charge in [0.1, 0.15) is 0 Å². The van der Waals surface area contributed by atoms with Crippen LogP contribution in [0.5, 0.6) is 0 Å². The van der Waals surface area contributed by atoms with Gasteiger partial charge in [0.2, 0.25) is 5.91 Å². The van der Waals surface area contributed by atoms with E-state index < -0.39 is 12.1 Å². The minimum Gasteiger partial charge on any atom is -0.466 e. The van der Waals surface area contributed by atoms with Crippen molar-refractivity contribution in [2.45, 2.75) is 296 Å². The fraction of sp³-hybridized carbons (Fsp3) is 0.923. The highest BCUT2D eigenvalue weighted by Crippen LogP contribution is 2.16. The first-order valence-corrected chi connectivity index (χ1v) is 25.9. The molecule has 6 nitrogen and oxygen atoms in total. The lowest BCUT2D eigenvalue weighted by Crippen LogP contribution is -2.45. The molecule has 0 aliphatic carbocycles. The van der Waals surface area contributed by atoms with Crippen LogP contribution in [0.2, 0.25) is 0 Å². The second-order valence-electron chi connectivity index (χ2n) is 17.9. The minimum absolute atomic E-state index is 0.00480. The molecule has 0 saturated carbocycles. The van der Waals surface area contributed by atoms with E-state index in [1.807, 2.05) is 0 Å². The summed E-state index contributed by atoms with van der Waals surface area (Å²) in [6.45, 7) is 4.92. The monoisotopic (exact) mass is 820 g/mol. The molecule has 0 aliphatic heterocycles. The van der Waals surface area contributed by atoms with Gasteiger partial charge in [-0.05, 0) is 51.4 Å². The number of allylic oxidation sites excluding steroid dienone is 2. The first kappa shape index (κ1) is 56.6. The topological polar surface area (TPSA) is 95.9 Å². The summed E-state index contributed by atoms with van der Waals surface area (Å²) in [5.41, 5.74) is 0. The van der Waals surface area contributed by atoms with Gasteiger partial charge in [-0.25, -0.2) is 0 Å². The van der Waals surface area contributed by atoms with Crippen molar-refractivity contribution in [1.82, 2.24) is 5.32 Å². The van der Waals surface area contributed by atoms with E-state index in [9.17, 15) is 19.8 Å². The van der Waals surface area contributed by atoms with Crippen molar-refractivity contribution in [3.63, 3.8) is 0 Å². The van der Waals surface area contributed by atoms with Crippen molar-refractivity contribution < 1.29 is 24.5 Å². The third-order valence-electron chi connectivity index (χ3n) is 12.1. The number of aliphatic hydroxyl groups is 2. The van der Waals surface area contributed by atoms with E-state index in [1.165, 1.54) is 205 Å². The number of unbranched alkanes of at least 4 members (excludes halogenated alkanes) is 35. The molecule has 0 saturated heterocycles. The highest BCUT2D eigenvalue weighted by atomic mass is 16.5. The minimum atomic E-state index is -0.666. The fourth-order valence-electron chi connectivity index (χ4n) is 8.05. The number of rotatable bonds is 48. The molecule has 0 aromatic heterocycles. The van der Waals surface area contributed by atoms with Gasteiger partial charge in [-0.15, -0.1) is 0 Å². The fourth-order valence-corrected chi connectivity index (χ4v) is 8.05. The molecule has 0 aliphatic rings. The highest BCUT2D eigenvalue weighted by Gasteiger charge is 2.20. The van der Waals surface area contributed by atoms with Gasteiger partial charge >= 0.3 is 5.97 Å². The van der Waals surface area contributed by atoms with E-state index in [4.69, 9.17) is 4.74 Å². The number of carbonyl (C=O) groups excluding carboxylic acids is 2. The van der Waals surface area contributed by atoms with Gasteiger partial charge in [-0.2, -0.15) is 0 Å². The number of ether oxygens (including phenoxy) is 1. The molecule has 0 aromatic carbocycles. The van der Waals surface area contributed by atoms with Crippen LogP contribution in [-0.4, -0.2) is 47.4 Å². The first-order valence-electron chi connectivity index (χ1n) is 25.9. The molecule has 0 rings (SSSR count). The first-order chi connectivity index (χ1) is 28.5. The number of esters is 1. The van der Waals surface area contributed by atoms with Crippen LogP contribution < -0.4 is 5.32 Å². The number of carbonyl (C=O) groups is 2. The van der Waals surface area contributed by atoms with Crippen molar-refractivity contribution in [2.75, 3.05) is 13.2 Å². The number of aliphatic hydroxyl groups excluding tert-OH is 2. The summed E-state index contributed by atoms with van der Waals surface area (Å²) in [5.74, 6) is -0.0481. The standard InChI is InChI=1S/C52H101NO5/c1-3-5-7-9-11-13-15-16-19-23-26-30-34-38-42-46-52(57)58-47-43-39-35-31-27-24-21-18-17-20-22-25-29-33-37-41-45-51(56)53-49(48-54)50(55)44-40-36-32-28-14-12-10-8-6-4-2/h16,19,49-50,54-55H,3-15,17-18,20-48H2,1-2H3,(H,53,56)/b19-16-. The average Bonchev–Trinajstić information content (AvgIpc) is 3.22. The van der Waals surface area contributed by atoms with E-state index in [1.54, 1.807) is 0 Å². The van der Waals surface area contributed by atoms with Crippen LogP contribution in [-0.2, 0) is 14.3 Å². The molecule has 6 heteroatoms. The molecule has 0 fully saturated rings. The molecule has 0 heterocycles. The summed E-state index contributed by atoms with van der Waals surface area (Å²) in [6.07, 6.45) is 54.7. The summed E-state index contributed by atoms with van der Waals surface area (Å²) < 4.78 is 5.46. The largest absolute Gasteiger partial charge is 0.466 e. The van der Waals surface area contributed by atoms with Crippen LogP contribution in [0, 0.1) is 0 Å². The smallest absolute Gasteiger partial charge is 0.305 e. The Morgan fingerprint density at radius 3 is 1.22 bits per heavy atom. The second kappa shape index (κ2) is 48.3. The maximum Gasteiger partial charge on any atom is 0.305 e. The molecule has 0 bridgehead atoms. The van der Waals surface area contributed by atoms with Gasteiger partial charge in [-0.1, -0.05) is 231 Å². The van der Waals surface area contributed by atoms with Crippen molar-refractivity contribution in [1.29, 1.82) is 0 Å². The summed E-state index contributed by atoms with van der Waals surface area (Å²) in [5, 5.41) is 23.1. The van der Waals surface area contributed by atoms with Crippen LogP contribution in [0.25, 0.3) is 0 Å². The molecule has 0 radical (unpaired) electrons. The van der Waals surface area contributed by atoms with Gasteiger partial charge in [0.05, 0.1) is 25.4 Å². The van der Waals surface area contributed by atoms with Gasteiger partial charge in [0.15, 0.2) is 0 Å². The van der Waals surface area contributed by atoms with Crippen molar-refractivity contribution in [3.05, 3.63) is 12.2 Å². The van der Waals surface area contributed by atoms with Gasteiger partial charge < -0.3 is 20.3 Å². The molecular formula is C52H101NO5. The molecular weight excluding hydrogens is 719 g/mol.